The third-order valence-electron chi connectivity index (χ3n) is 4.05. The van der Waals surface area contributed by atoms with E-state index in [1.54, 1.807) is 6.33 Å². The number of aromatic nitrogens is 3. The van der Waals surface area contributed by atoms with Gasteiger partial charge in [-0.05, 0) is 19.4 Å². The minimum atomic E-state index is -0.664. The molecule has 1 aromatic carbocycles. The van der Waals surface area contributed by atoms with Gasteiger partial charge in [0.15, 0.2) is 5.82 Å². The van der Waals surface area contributed by atoms with Crippen LogP contribution in [0.3, 0.4) is 0 Å². The highest BCUT2D eigenvalue weighted by Crippen LogP contribution is 2.38. The first-order chi connectivity index (χ1) is 11.3. The van der Waals surface area contributed by atoms with Gasteiger partial charge in [-0.2, -0.15) is 10.4 Å². The van der Waals surface area contributed by atoms with Crippen molar-refractivity contribution in [2.75, 3.05) is 6.61 Å². The summed E-state index contributed by atoms with van der Waals surface area (Å²) in [7, 11) is 0. The number of hydrogen-bond acceptors (Lipinski definition) is 4. The average molecular weight is 312 g/mol. The number of nitriles is 1. The molecule has 122 valence electrons. The minimum Gasteiger partial charge on any atom is -0.494 e. The van der Waals surface area contributed by atoms with Gasteiger partial charge >= 0.3 is 0 Å². The number of nitrogens with one attached hydrogen (secondary N) is 1. The van der Waals surface area contributed by atoms with Crippen molar-refractivity contribution in [3.8, 4) is 11.8 Å². The maximum absolute atomic E-state index is 10.0. The number of para-hydroxylation sites is 1. The van der Waals surface area contributed by atoms with Gasteiger partial charge in [0.1, 0.15) is 12.1 Å². The van der Waals surface area contributed by atoms with Crippen molar-refractivity contribution >= 4 is 0 Å². The summed E-state index contributed by atoms with van der Waals surface area (Å²) in [5, 5.41) is 16.9. The summed E-state index contributed by atoms with van der Waals surface area (Å²) in [6.07, 6.45) is 6.03. The van der Waals surface area contributed by atoms with E-state index in [0.717, 1.165) is 37.0 Å². The van der Waals surface area contributed by atoms with Crippen LogP contribution in [0.5, 0.6) is 5.75 Å². The molecule has 0 aliphatic heterocycles. The van der Waals surface area contributed by atoms with E-state index in [9.17, 15) is 5.26 Å². The Labute approximate surface area is 137 Å². The Morgan fingerprint density at radius 1 is 1.26 bits per heavy atom. The van der Waals surface area contributed by atoms with Crippen molar-refractivity contribution in [1.82, 2.24) is 15.2 Å². The highest BCUT2D eigenvalue weighted by molar-refractivity contribution is 5.44. The summed E-state index contributed by atoms with van der Waals surface area (Å²) >= 11 is 0. The molecule has 5 heteroatoms. The van der Waals surface area contributed by atoms with Gasteiger partial charge in [-0.15, -0.1) is 0 Å². The molecule has 1 aromatic heterocycles. The average Bonchev–Trinajstić information content (AvgIpc) is 3.08. The predicted molar refractivity (Wildman–Crippen MR) is 89.1 cm³/mol. The molecule has 0 saturated carbocycles. The van der Waals surface area contributed by atoms with Crippen molar-refractivity contribution in [2.45, 2.75) is 51.4 Å². The zero-order chi connectivity index (χ0) is 16.5. The molecule has 2 aromatic rings. The summed E-state index contributed by atoms with van der Waals surface area (Å²) in [5.74, 6) is 1.44. The van der Waals surface area contributed by atoms with Gasteiger partial charge in [-0.1, -0.05) is 44.4 Å². The maximum atomic E-state index is 10.0. The molecule has 1 N–H and O–H groups in total. The van der Waals surface area contributed by atoms with Gasteiger partial charge < -0.3 is 4.74 Å². The fourth-order valence-electron chi connectivity index (χ4n) is 2.88. The largest absolute Gasteiger partial charge is 0.494 e. The van der Waals surface area contributed by atoms with E-state index < -0.39 is 5.41 Å². The van der Waals surface area contributed by atoms with Gasteiger partial charge in [0, 0.05) is 12.0 Å². The van der Waals surface area contributed by atoms with Gasteiger partial charge in [0.05, 0.1) is 18.1 Å². The summed E-state index contributed by atoms with van der Waals surface area (Å²) in [4.78, 5) is 4.22. The molecule has 23 heavy (non-hydrogen) atoms. The van der Waals surface area contributed by atoms with Gasteiger partial charge in [0.25, 0.3) is 0 Å². The second-order valence-electron chi connectivity index (χ2n) is 5.67. The Kier molecular flexibility index (Phi) is 6.16. The van der Waals surface area contributed by atoms with E-state index in [1.165, 1.54) is 0 Å². The van der Waals surface area contributed by atoms with Gasteiger partial charge in [0.2, 0.25) is 0 Å². The number of benzene rings is 1. The number of H-pyrrole nitrogens is 1. The lowest BCUT2D eigenvalue weighted by molar-refractivity contribution is 0.325. The fraction of sp³-hybridized carbons (Fsp3) is 0.500. The molecule has 1 atom stereocenters. The van der Waals surface area contributed by atoms with E-state index in [-0.39, 0.29) is 0 Å². The summed E-state index contributed by atoms with van der Waals surface area (Å²) in [5.41, 5.74) is 0.272. The Morgan fingerprint density at radius 2 is 2.09 bits per heavy atom. The van der Waals surface area contributed by atoms with Crippen LogP contribution >= 0.6 is 0 Å². The molecule has 0 aliphatic carbocycles. The topological polar surface area (TPSA) is 74.6 Å². The van der Waals surface area contributed by atoms with Crippen molar-refractivity contribution in [1.29, 1.82) is 5.26 Å². The normalized spacial score (nSPS) is 13.3. The second kappa shape index (κ2) is 8.33. The lowest BCUT2D eigenvalue weighted by atomic mass is 9.74. The van der Waals surface area contributed by atoms with Crippen molar-refractivity contribution in [2.24, 2.45) is 0 Å². The monoisotopic (exact) mass is 312 g/mol. The number of rotatable bonds is 9. The lowest BCUT2D eigenvalue weighted by Crippen LogP contribution is -2.28. The molecule has 1 unspecified atom stereocenters. The molecule has 2 rings (SSSR count). The SMILES string of the molecule is CCCCCC(C#N)(Cc1nc[nH]n1)c1ccccc1OCC. The number of unbranched alkanes of at least 4 members (excludes halogenated alkanes) is 2. The molecule has 1 heterocycles. The quantitative estimate of drug-likeness (QED) is 0.715. The molecular formula is C18H24N4O. The van der Waals surface area contributed by atoms with E-state index in [0.29, 0.717) is 18.9 Å². The minimum absolute atomic E-state index is 0.487. The molecule has 5 nitrogen and oxygen atoms in total. The van der Waals surface area contributed by atoms with E-state index in [2.05, 4.69) is 28.2 Å². The number of ether oxygens (including phenoxy) is 1. The molecule has 0 fully saturated rings. The van der Waals surface area contributed by atoms with Gasteiger partial charge in [-0.25, -0.2) is 4.98 Å². The third kappa shape index (κ3) is 4.10. The van der Waals surface area contributed by atoms with Gasteiger partial charge in [-0.3, -0.25) is 5.10 Å². The first-order valence-electron chi connectivity index (χ1n) is 8.24. The summed E-state index contributed by atoms with van der Waals surface area (Å²) in [6.45, 7) is 4.70. The van der Waals surface area contributed by atoms with Crippen LogP contribution in [0, 0.1) is 11.3 Å². The van der Waals surface area contributed by atoms with Crippen molar-refractivity contribution in [3.05, 3.63) is 42.0 Å². The van der Waals surface area contributed by atoms with E-state index in [4.69, 9.17) is 4.74 Å². The van der Waals surface area contributed by atoms with Crippen LogP contribution in [0.4, 0.5) is 0 Å². The highest BCUT2D eigenvalue weighted by Gasteiger charge is 2.36. The van der Waals surface area contributed by atoms with Crippen LogP contribution in [0.15, 0.2) is 30.6 Å². The highest BCUT2D eigenvalue weighted by atomic mass is 16.5. The Hall–Kier alpha value is -2.35. The van der Waals surface area contributed by atoms with Crippen LogP contribution in [0.1, 0.15) is 50.9 Å². The Morgan fingerprint density at radius 3 is 2.74 bits per heavy atom. The predicted octanol–water partition coefficient (Wildman–Crippen LogP) is 3.79. The first kappa shape index (κ1) is 17.0. The van der Waals surface area contributed by atoms with E-state index in [1.807, 2.05) is 31.2 Å². The molecule has 0 spiro atoms. The second-order valence-corrected chi connectivity index (χ2v) is 5.67. The molecule has 0 aliphatic rings. The van der Waals surface area contributed by atoms with Crippen molar-refractivity contribution < 1.29 is 4.74 Å². The lowest BCUT2D eigenvalue weighted by Gasteiger charge is -2.28. The number of aromatic amines is 1. The smallest absolute Gasteiger partial charge is 0.152 e. The number of nitrogens with zero attached hydrogens (tertiary/aromatic N) is 3. The standard InChI is InChI=1S/C18H24N4O/c1-3-5-8-11-18(13-19,12-17-20-14-21-22-17)15-9-6-7-10-16(15)23-4-2/h6-7,9-10,14H,3-5,8,11-12H2,1-2H3,(H,20,21,22). The summed E-state index contributed by atoms with van der Waals surface area (Å²) in [6, 6.07) is 10.4. The maximum Gasteiger partial charge on any atom is 0.152 e. The Balaban J connectivity index is 2.41. The van der Waals surface area contributed by atoms with E-state index >= 15 is 0 Å². The van der Waals surface area contributed by atoms with Crippen molar-refractivity contribution in [3.63, 3.8) is 0 Å². The summed E-state index contributed by atoms with van der Waals surface area (Å²) < 4.78 is 5.77. The molecular weight excluding hydrogens is 288 g/mol. The van der Waals surface area contributed by atoms with Crippen LogP contribution < -0.4 is 4.74 Å². The van der Waals surface area contributed by atoms with Crippen LogP contribution in [-0.4, -0.2) is 21.8 Å². The van der Waals surface area contributed by atoms with Crippen LogP contribution in [0.25, 0.3) is 0 Å². The zero-order valence-electron chi connectivity index (χ0n) is 13.9. The third-order valence-corrected chi connectivity index (χ3v) is 4.05. The molecule has 0 amide bonds. The fourth-order valence-corrected chi connectivity index (χ4v) is 2.88. The number of hydrogen-bond donors (Lipinski definition) is 1. The van der Waals surface area contributed by atoms with Crippen LogP contribution in [0.2, 0.25) is 0 Å². The van der Waals surface area contributed by atoms with Crippen LogP contribution in [-0.2, 0) is 11.8 Å². The molecule has 0 radical (unpaired) electrons. The first-order valence-corrected chi connectivity index (χ1v) is 8.24. The Bertz CT molecular complexity index is 633. The zero-order valence-corrected chi connectivity index (χ0v) is 13.9. The molecule has 0 bridgehead atoms. The molecule has 0 saturated heterocycles.